The molecule has 4 rings (SSSR count). The smallest absolute Gasteiger partial charge is 0.465 e. The maximum Gasteiger partial charge on any atom is 0.573 e. The van der Waals surface area contributed by atoms with Crippen LogP contribution in [0, 0.1) is 0 Å². The third kappa shape index (κ3) is 10.6. The molecule has 0 aliphatic rings. The topological polar surface area (TPSA) is 112 Å². The third-order valence-electron chi connectivity index (χ3n) is 6.61. The van der Waals surface area contributed by atoms with E-state index in [0.29, 0.717) is 16.3 Å². The summed E-state index contributed by atoms with van der Waals surface area (Å²) in [5.74, 6) is -3.49. The van der Waals surface area contributed by atoms with Gasteiger partial charge in [-0.1, -0.05) is 56.1 Å². The van der Waals surface area contributed by atoms with Crippen LogP contribution in [0.15, 0.2) is 91.5 Å². The molecule has 0 aliphatic carbocycles. The largest absolute Gasteiger partial charge is 0.573 e. The maximum atomic E-state index is 14.3. The molecular formula is C32H26Br2F6N2O8S2. The van der Waals surface area contributed by atoms with Crippen molar-refractivity contribution in [3.63, 3.8) is 0 Å². The Hall–Kier alpha value is -3.88. The fraction of sp³-hybridized carbons (Fsp3) is 0.250. The van der Waals surface area contributed by atoms with Crippen molar-refractivity contribution in [1.29, 1.82) is 0 Å². The fourth-order valence-electron chi connectivity index (χ4n) is 4.71. The molecule has 280 valence electrons. The van der Waals surface area contributed by atoms with Crippen molar-refractivity contribution in [3.05, 3.63) is 81.7 Å². The number of nitrogens with zero attached hydrogens (tertiary/aromatic N) is 2. The van der Waals surface area contributed by atoms with E-state index in [1.54, 1.807) is 13.0 Å². The molecule has 0 aromatic heterocycles. The number of rotatable bonds is 14. The van der Waals surface area contributed by atoms with E-state index in [9.17, 15) is 44.3 Å². The second-order valence-corrected chi connectivity index (χ2v) is 14.9. The van der Waals surface area contributed by atoms with Gasteiger partial charge < -0.3 is 23.3 Å². The monoisotopic (exact) mass is 902 g/mol. The van der Waals surface area contributed by atoms with E-state index in [0.717, 1.165) is 18.2 Å². The first-order valence-electron chi connectivity index (χ1n) is 14.7. The number of carbonyl (C=O) groups excluding carboxylic acids is 2. The molecule has 10 nitrogen and oxygen atoms in total. The van der Waals surface area contributed by atoms with Crippen LogP contribution in [-0.4, -0.2) is 59.4 Å². The molecule has 0 saturated heterocycles. The highest BCUT2D eigenvalue weighted by Gasteiger charge is 2.38. The molecule has 4 aromatic carbocycles. The maximum absolute atomic E-state index is 14.3. The van der Waals surface area contributed by atoms with Crippen molar-refractivity contribution in [2.75, 3.05) is 34.9 Å². The van der Waals surface area contributed by atoms with E-state index in [1.807, 2.05) is 0 Å². The second-order valence-electron chi connectivity index (χ2n) is 10.2. The van der Waals surface area contributed by atoms with E-state index in [4.69, 9.17) is 9.47 Å². The molecule has 20 heteroatoms. The summed E-state index contributed by atoms with van der Waals surface area (Å²) < 4.78 is 129. The number of benzene rings is 4. The molecule has 52 heavy (non-hydrogen) atoms. The highest BCUT2D eigenvalue weighted by atomic mass is 79.9. The Morgan fingerprint density at radius 1 is 0.712 bits per heavy atom. The quantitative estimate of drug-likeness (QED) is 0.0691. The first-order valence-corrected chi connectivity index (χ1v) is 18.5. The first kappa shape index (κ1) is 40.9. The number of alkyl halides is 6. The van der Waals surface area contributed by atoms with Crippen LogP contribution in [0.4, 0.5) is 37.7 Å². The van der Waals surface area contributed by atoms with E-state index >= 15 is 0 Å². The summed E-state index contributed by atoms with van der Waals surface area (Å²) in [7, 11) is -5.05. The molecule has 4 aromatic rings. The molecule has 0 aliphatic heterocycles. The van der Waals surface area contributed by atoms with Crippen LogP contribution in [0.5, 0.6) is 11.5 Å². The van der Waals surface area contributed by atoms with Crippen LogP contribution < -0.4 is 18.1 Å². The summed E-state index contributed by atoms with van der Waals surface area (Å²) in [6, 6.07) is 15.3. The predicted molar refractivity (Wildman–Crippen MR) is 187 cm³/mol. The van der Waals surface area contributed by atoms with Crippen molar-refractivity contribution in [1.82, 2.24) is 0 Å². The summed E-state index contributed by atoms with van der Waals surface area (Å²) in [6.45, 7) is 1.35. The lowest BCUT2D eigenvalue weighted by Gasteiger charge is -2.29. The molecule has 0 spiro atoms. The standard InChI is InChI=1S/C32H26Br2F6N2O8S2/c1-3-47-29(43)17-41(51-27-13-9-19(33)15-25(27)49-31(35,36)37)23-11-12-24(22-8-6-5-7-21(22)23)42(18-30(44)48-4-2)52(45,46)28-14-10-20(34)16-26(28)50-32(38,39)40/h5-16H,3-4,17-18H2,1-2H3. The van der Waals surface area contributed by atoms with Crippen LogP contribution in [0.25, 0.3) is 10.8 Å². The van der Waals surface area contributed by atoms with E-state index < -0.39 is 64.2 Å². The highest BCUT2D eigenvalue weighted by Crippen LogP contribution is 2.44. The Kier molecular flexibility index (Phi) is 13.2. The zero-order valence-electron chi connectivity index (χ0n) is 26.8. The SMILES string of the molecule is CCOC(=O)CN(Sc1ccc(Br)cc1OC(F)(F)F)c1ccc(N(CC(=O)OCC)S(=O)(=O)c2ccc(Br)cc2OC(F)(F)F)c2ccccc12. The van der Waals surface area contributed by atoms with Crippen LogP contribution in [0.1, 0.15) is 13.8 Å². The molecule has 0 fully saturated rings. The number of halogens is 8. The average molecular weight is 904 g/mol. The minimum atomic E-state index is -5.29. The molecular weight excluding hydrogens is 878 g/mol. The van der Waals surface area contributed by atoms with Crippen LogP contribution >= 0.6 is 43.8 Å². The summed E-state index contributed by atoms with van der Waals surface area (Å²) in [5, 5.41) is 0.333. The van der Waals surface area contributed by atoms with Crippen LogP contribution in [0.3, 0.4) is 0 Å². The lowest BCUT2D eigenvalue weighted by molar-refractivity contribution is -0.276. The Morgan fingerprint density at radius 2 is 1.21 bits per heavy atom. The van der Waals surface area contributed by atoms with Gasteiger partial charge in [-0.15, -0.1) is 26.3 Å². The van der Waals surface area contributed by atoms with Crippen molar-refractivity contribution >= 4 is 87.9 Å². The minimum absolute atomic E-state index is 0.0193. The Labute approximate surface area is 314 Å². The molecule has 0 radical (unpaired) electrons. The first-order chi connectivity index (χ1) is 24.3. The number of esters is 2. The van der Waals surface area contributed by atoms with Gasteiger partial charge in [-0.3, -0.25) is 13.9 Å². The van der Waals surface area contributed by atoms with Crippen molar-refractivity contribution in [3.8, 4) is 11.5 Å². The van der Waals surface area contributed by atoms with Gasteiger partial charge in [0, 0.05) is 19.7 Å². The molecule has 0 heterocycles. The Morgan fingerprint density at radius 3 is 1.79 bits per heavy atom. The fourth-order valence-corrected chi connectivity index (χ4v) is 7.91. The summed E-state index contributed by atoms with van der Waals surface area (Å²) in [4.78, 5) is 24.6. The number of carbonyl (C=O) groups is 2. The zero-order valence-corrected chi connectivity index (χ0v) is 31.6. The number of sulfonamides is 1. The van der Waals surface area contributed by atoms with Crippen molar-refractivity contribution < 1.29 is 63.3 Å². The summed E-state index contributed by atoms with van der Waals surface area (Å²) in [6.07, 6.45) is -10.4. The van der Waals surface area contributed by atoms with Crippen LogP contribution in [0.2, 0.25) is 0 Å². The number of hydrogen-bond acceptors (Lipinski definition) is 10. The van der Waals surface area contributed by atoms with Gasteiger partial charge in [-0.25, -0.2) is 8.42 Å². The number of fused-ring (bicyclic) bond motifs is 1. The van der Waals surface area contributed by atoms with Gasteiger partial charge in [-0.2, -0.15) is 0 Å². The van der Waals surface area contributed by atoms with E-state index in [2.05, 4.69) is 41.3 Å². The lowest BCUT2D eigenvalue weighted by atomic mass is 10.1. The van der Waals surface area contributed by atoms with Gasteiger partial charge in [0.1, 0.15) is 23.7 Å². The molecule has 0 amide bonds. The average Bonchev–Trinajstić information content (AvgIpc) is 3.03. The van der Waals surface area contributed by atoms with E-state index in [1.165, 1.54) is 59.8 Å². The minimum Gasteiger partial charge on any atom is -0.465 e. The lowest BCUT2D eigenvalue weighted by Crippen LogP contribution is -2.37. The van der Waals surface area contributed by atoms with Gasteiger partial charge in [0.15, 0.2) is 5.75 Å². The van der Waals surface area contributed by atoms with Gasteiger partial charge in [0.2, 0.25) is 0 Å². The highest BCUT2D eigenvalue weighted by molar-refractivity contribution is 9.10. The third-order valence-corrected chi connectivity index (χ3v) is 10.5. The van der Waals surface area contributed by atoms with Gasteiger partial charge in [0.05, 0.1) is 29.5 Å². The number of ether oxygens (including phenoxy) is 4. The molecule has 0 saturated carbocycles. The van der Waals surface area contributed by atoms with Gasteiger partial charge >= 0.3 is 24.7 Å². The van der Waals surface area contributed by atoms with E-state index in [-0.39, 0.29) is 49.2 Å². The van der Waals surface area contributed by atoms with Crippen molar-refractivity contribution in [2.45, 2.75) is 36.4 Å². The number of anilines is 2. The summed E-state index contributed by atoms with van der Waals surface area (Å²) >= 11 is 6.80. The van der Waals surface area contributed by atoms with Gasteiger partial charge in [0.25, 0.3) is 10.0 Å². The molecule has 0 N–H and O–H groups in total. The second kappa shape index (κ2) is 16.9. The van der Waals surface area contributed by atoms with Gasteiger partial charge in [-0.05, 0) is 74.3 Å². The number of hydrogen-bond donors (Lipinski definition) is 0. The van der Waals surface area contributed by atoms with Crippen LogP contribution in [-0.2, 0) is 29.1 Å². The normalized spacial score (nSPS) is 12.0. The molecule has 0 unspecified atom stereocenters. The Balaban J connectivity index is 1.94. The molecule has 0 bridgehead atoms. The Bertz CT molecular complexity index is 2050. The zero-order chi connectivity index (χ0) is 38.4. The van der Waals surface area contributed by atoms with Crippen molar-refractivity contribution in [2.24, 2.45) is 0 Å². The summed E-state index contributed by atoms with van der Waals surface area (Å²) in [5.41, 5.74) is -0.0180. The predicted octanol–water partition coefficient (Wildman–Crippen LogP) is 9.00. The molecule has 0 atom stereocenters.